The first-order valence-electron chi connectivity index (χ1n) is 8.67. The predicted molar refractivity (Wildman–Crippen MR) is 104 cm³/mol. The maximum absolute atomic E-state index is 12.7. The average molecular weight is 356 g/mol. The molecule has 0 saturated heterocycles. The van der Waals surface area contributed by atoms with Crippen molar-refractivity contribution in [1.29, 1.82) is 0 Å². The summed E-state index contributed by atoms with van der Waals surface area (Å²) in [6.07, 6.45) is 0. The number of carbonyl (C=O) groups excluding carboxylic acids is 2. The minimum absolute atomic E-state index is 0.351. The van der Waals surface area contributed by atoms with Gasteiger partial charge in [0.25, 0.3) is 11.8 Å². The molecule has 0 unspecified atom stereocenters. The third kappa shape index (κ3) is 2.05. The molecule has 132 valence electrons. The molecule has 2 N–H and O–H groups in total. The number of carbonyl (C=O) groups is 2. The van der Waals surface area contributed by atoms with E-state index in [2.05, 4.69) is 10.3 Å². The van der Waals surface area contributed by atoms with E-state index >= 15 is 0 Å². The number of amides is 2. The summed E-state index contributed by atoms with van der Waals surface area (Å²) in [5.41, 5.74) is 5.28. The van der Waals surface area contributed by atoms with Crippen molar-refractivity contribution in [3.8, 4) is 16.9 Å². The first-order valence-corrected chi connectivity index (χ1v) is 8.67. The fourth-order valence-electron chi connectivity index (χ4n) is 4.05. The Bertz CT molecular complexity index is 1270. The molecule has 0 radical (unpaired) electrons. The first kappa shape index (κ1) is 15.6. The van der Waals surface area contributed by atoms with Crippen molar-refractivity contribution in [2.75, 3.05) is 7.11 Å². The lowest BCUT2D eigenvalue weighted by Gasteiger charge is -2.12. The van der Waals surface area contributed by atoms with Gasteiger partial charge in [-0.1, -0.05) is 30.3 Å². The summed E-state index contributed by atoms with van der Waals surface area (Å²) in [6.45, 7) is 1.98. The Labute approximate surface area is 155 Å². The monoisotopic (exact) mass is 356 g/mol. The Kier molecular flexibility index (Phi) is 3.15. The fourth-order valence-corrected chi connectivity index (χ4v) is 4.05. The number of aryl methyl sites for hydroxylation is 1. The highest BCUT2D eigenvalue weighted by molar-refractivity contribution is 6.33. The van der Waals surface area contributed by atoms with Gasteiger partial charge < -0.3 is 9.72 Å². The smallest absolute Gasteiger partial charge is 0.259 e. The van der Waals surface area contributed by atoms with E-state index in [9.17, 15) is 9.59 Å². The van der Waals surface area contributed by atoms with Crippen molar-refractivity contribution in [1.82, 2.24) is 10.3 Å². The molecular formula is C22H16N2O3. The molecule has 0 bridgehead atoms. The van der Waals surface area contributed by atoms with Gasteiger partial charge >= 0.3 is 0 Å². The minimum atomic E-state index is -0.360. The van der Waals surface area contributed by atoms with E-state index in [-0.39, 0.29) is 11.8 Å². The number of nitrogens with one attached hydrogen (secondary N) is 2. The molecule has 0 fully saturated rings. The lowest BCUT2D eigenvalue weighted by molar-refractivity contribution is 0.0880. The van der Waals surface area contributed by atoms with Crippen LogP contribution in [0.25, 0.3) is 32.9 Å². The molecule has 0 atom stereocenters. The second-order valence-corrected chi connectivity index (χ2v) is 6.69. The molecule has 0 spiro atoms. The normalized spacial score (nSPS) is 13.3. The van der Waals surface area contributed by atoms with E-state index < -0.39 is 0 Å². The number of fused-ring (bicyclic) bond motifs is 5. The third-order valence-corrected chi connectivity index (χ3v) is 5.25. The van der Waals surface area contributed by atoms with Gasteiger partial charge in [0.2, 0.25) is 0 Å². The number of ether oxygens (including phenoxy) is 1. The van der Waals surface area contributed by atoms with Crippen LogP contribution in [-0.4, -0.2) is 23.9 Å². The number of aromatic nitrogens is 1. The standard InChI is InChI=1S/C22H16N2O3/c1-11-16(12-6-4-3-5-7-12)18-19(22(26)24-21(18)25)17-14-10-13(27-2)8-9-15(14)23-20(11)17/h3-10,23H,1-2H3,(H,24,25,26). The van der Waals surface area contributed by atoms with Crippen molar-refractivity contribution in [2.24, 2.45) is 0 Å². The van der Waals surface area contributed by atoms with Crippen molar-refractivity contribution in [3.63, 3.8) is 0 Å². The number of methoxy groups -OCH3 is 1. The number of hydrogen-bond donors (Lipinski definition) is 2. The third-order valence-electron chi connectivity index (χ3n) is 5.25. The van der Waals surface area contributed by atoms with Gasteiger partial charge in [-0.15, -0.1) is 0 Å². The van der Waals surface area contributed by atoms with Crippen LogP contribution in [0.4, 0.5) is 0 Å². The van der Waals surface area contributed by atoms with Gasteiger partial charge in [0.05, 0.1) is 23.8 Å². The minimum Gasteiger partial charge on any atom is -0.497 e. The molecule has 4 aromatic rings. The highest BCUT2D eigenvalue weighted by Crippen LogP contribution is 2.42. The van der Waals surface area contributed by atoms with E-state index in [1.165, 1.54) is 0 Å². The summed E-state index contributed by atoms with van der Waals surface area (Å²) in [5, 5.41) is 4.10. The van der Waals surface area contributed by atoms with Crippen LogP contribution >= 0.6 is 0 Å². The SMILES string of the molecule is COc1ccc2[nH]c3c(C)c(-c4ccccc4)c4c(c3c2c1)C(=O)NC4=O. The lowest BCUT2D eigenvalue weighted by Crippen LogP contribution is -2.20. The maximum atomic E-state index is 12.7. The van der Waals surface area contributed by atoms with E-state index in [1.54, 1.807) is 7.11 Å². The number of imide groups is 1. The fraction of sp³-hybridized carbons (Fsp3) is 0.0909. The summed E-state index contributed by atoms with van der Waals surface area (Å²) in [5.74, 6) is -0.0105. The van der Waals surface area contributed by atoms with Crippen molar-refractivity contribution >= 4 is 33.6 Å². The zero-order valence-corrected chi connectivity index (χ0v) is 14.8. The van der Waals surface area contributed by atoms with Crippen LogP contribution in [-0.2, 0) is 0 Å². The van der Waals surface area contributed by atoms with Crippen molar-refractivity contribution in [2.45, 2.75) is 6.92 Å². The predicted octanol–water partition coefficient (Wildman–Crippen LogP) is 4.19. The summed E-state index contributed by atoms with van der Waals surface area (Å²) in [7, 11) is 1.61. The van der Waals surface area contributed by atoms with Crippen LogP contribution in [0, 0.1) is 6.92 Å². The zero-order valence-electron chi connectivity index (χ0n) is 14.8. The second-order valence-electron chi connectivity index (χ2n) is 6.69. The van der Waals surface area contributed by atoms with E-state index in [1.807, 2.05) is 55.5 Å². The van der Waals surface area contributed by atoms with Gasteiger partial charge in [-0.05, 0) is 36.2 Å². The molecule has 1 aliphatic heterocycles. The Balaban J connectivity index is 2.01. The number of rotatable bonds is 2. The van der Waals surface area contributed by atoms with E-state index in [0.717, 1.165) is 38.5 Å². The van der Waals surface area contributed by atoms with Gasteiger partial charge in [0.15, 0.2) is 0 Å². The molecule has 5 nitrogen and oxygen atoms in total. The molecule has 5 heteroatoms. The second kappa shape index (κ2) is 5.45. The van der Waals surface area contributed by atoms with Crippen molar-refractivity contribution < 1.29 is 14.3 Å². The molecule has 0 saturated carbocycles. The quantitative estimate of drug-likeness (QED) is 0.529. The maximum Gasteiger partial charge on any atom is 0.259 e. The Hall–Kier alpha value is -3.60. The lowest BCUT2D eigenvalue weighted by atomic mass is 9.89. The molecule has 1 aliphatic rings. The van der Waals surface area contributed by atoms with Crippen LogP contribution in [0.3, 0.4) is 0 Å². The summed E-state index contributed by atoms with van der Waals surface area (Å²) >= 11 is 0. The van der Waals surface area contributed by atoms with E-state index in [0.29, 0.717) is 16.9 Å². The Morgan fingerprint density at radius 2 is 1.63 bits per heavy atom. The van der Waals surface area contributed by atoms with Crippen LogP contribution in [0.15, 0.2) is 48.5 Å². The van der Waals surface area contributed by atoms with Gasteiger partial charge in [-0.2, -0.15) is 0 Å². The van der Waals surface area contributed by atoms with Crippen LogP contribution in [0.2, 0.25) is 0 Å². The summed E-state index contributed by atoms with van der Waals surface area (Å²) in [6, 6.07) is 15.4. The van der Waals surface area contributed by atoms with E-state index in [4.69, 9.17) is 4.74 Å². The molecule has 2 amide bonds. The van der Waals surface area contributed by atoms with Gasteiger partial charge in [0, 0.05) is 21.9 Å². The van der Waals surface area contributed by atoms with Crippen LogP contribution < -0.4 is 10.1 Å². The number of benzene rings is 3. The molecular weight excluding hydrogens is 340 g/mol. The molecule has 1 aromatic heterocycles. The van der Waals surface area contributed by atoms with Gasteiger partial charge in [0.1, 0.15) is 5.75 Å². The van der Waals surface area contributed by atoms with Crippen LogP contribution in [0.5, 0.6) is 5.75 Å². The molecule has 5 rings (SSSR count). The Morgan fingerprint density at radius 3 is 2.37 bits per heavy atom. The summed E-state index contributed by atoms with van der Waals surface area (Å²) < 4.78 is 5.35. The van der Waals surface area contributed by atoms with Gasteiger partial charge in [-0.25, -0.2) is 0 Å². The number of H-pyrrole nitrogens is 1. The highest BCUT2D eigenvalue weighted by atomic mass is 16.5. The largest absolute Gasteiger partial charge is 0.497 e. The Morgan fingerprint density at radius 1 is 0.889 bits per heavy atom. The number of aromatic amines is 1. The average Bonchev–Trinajstić information content (AvgIpc) is 3.20. The van der Waals surface area contributed by atoms with Crippen LogP contribution in [0.1, 0.15) is 26.3 Å². The molecule has 2 heterocycles. The van der Waals surface area contributed by atoms with Gasteiger partial charge in [-0.3, -0.25) is 14.9 Å². The highest BCUT2D eigenvalue weighted by Gasteiger charge is 2.35. The molecule has 0 aliphatic carbocycles. The summed E-state index contributed by atoms with van der Waals surface area (Å²) in [4.78, 5) is 28.8. The molecule has 27 heavy (non-hydrogen) atoms. The van der Waals surface area contributed by atoms with Crippen molar-refractivity contribution in [3.05, 3.63) is 65.2 Å². The topological polar surface area (TPSA) is 71.2 Å². The number of hydrogen-bond acceptors (Lipinski definition) is 3. The zero-order chi connectivity index (χ0) is 18.7. The first-order chi connectivity index (χ1) is 13.1. The molecule has 3 aromatic carbocycles.